The molecule has 144 valence electrons. The molecule has 0 saturated heterocycles. The van der Waals surface area contributed by atoms with Gasteiger partial charge in [0.25, 0.3) is 5.91 Å². The van der Waals surface area contributed by atoms with Gasteiger partial charge in [-0.05, 0) is 35.7 Å². The summed E-state index contributed by atoms with van der Waals surface area (Å²) >= 11 is 0. The lowest BCUT2D eigenvalue weighted by Gasteiger charge is -2.13. The van der Waals surface area contributed by atoms with E-state index >= 15 is 0 Å². The minimum absolute atomic E-state index is 0.112. The SMILES string of the molecule is CCc1ccccc1Nc1cc(C(=O)NCc2ccccc2)c2ccccc2n1. The molecule has 0 fully saturated rings. The van der Waals surface area contributed by atoms with E-state index in [4.69, 9.17) is 4.98 Å². The first kappa shape index (κ1) is 18.7. The number of fused-ring (bicyclic) bond motifs is 1. The number of aryl methyl sites for hydroxylation is 1. The van der Waals surface area contributed by atoms with Gasteiger partial charge in [-0.25, -0.2) is 4.98 Å². The third-order valence-corrected chi connectivity index (χ3v) is 4.92. The number of rotatable bonds is 6. The summed E-state index contributed by atoms with van der Waals surface area (Å²) in [5, 5.41) is 7.26. The van der Waals surface area contributed by atoms with Gasteiger partial charge in [0.15, 0.2) is 0 Å². The highest BCUT2D eigenvalue weighted by molar-refractivity contribution is 6.07. The summed E-state index contributed by atoms with van der Waals surface area (Å²) in [6, 6.07) is 27.6. The lowest BCUT2D eigenvalue weighted by Crippen LogP contribution is -2.23. The quantitative estimate of drug-likeness (QED) is 0.466. The van der Waals surface area contributed by atoms with Gasteiger partial charge < -0.3 is 10.6 Å². The van der Waals surface area contributed by atoms with E-state index in [1.54, 1.807) is 0 Å². The molecule has 3 aromatic carbocycles. The second-order valence-electron chi connectivity index (χ2n) is 6.88. The van der Waals surface area contributed by atoms with Gasteiger partial charge in [-0.1, -0.05) is 73.7 Å². The molecule has 4 nitrogen and oxygen atoms in total. The largest absolute Gasteiger partial charge is 0.348 e. The van der Waals surface area contributed by atoms with Gasteiger partial charge in [-0.15, -0.1) is 0 Å². The molecule has 4 heteroatoms. The number of para-hydroxylation sites is 2. The number of nitrogens with zero attached hydrogens (tertiary/aromatic N) is 1. The Balaban J connectivity index is 1.66. The van der Waals surface area contributed by atoms with Crippen LogP contribution in [0.1, 0.15) is 28.4 Å². The van der Waals surface area contributed by atoms with Crippen LogP contribution in [-0.4, -0.2) is 10.9 Å². The first-order valence-electron chi connectivity index (χ1n) is 9.81. The number of carbonyl (C=O) groups excluding carboxylic acids is 1. The Hall–Kier alpha value is -3.66. The van der Waals surface area contributed by atoms with E-state index < -0.39 is 0 Å². The van der Waals surface area contributed by atoms with Crippen LogP contribution in [0.3, 0.4) is 0 Å². The molecule has 0 aliphatic heterocycles. The van der Waals surface area contributed by atoms with E-state index in [2.05, 4.69) is 23.6 Å². The first-order chi connectivity index (χ1) is 14.2. The summed E-state index contributed by atoms with van der Waals surface area (Å²) in [6.45, 7) is 2.61. The maximum atomic E-state index is 13.0. The molecule has 0 atom stereocenters. The molecule has 0 spiro atoms. The van der Waals surface area contributed by atoms with E-state index in [1.165, 1.54) is 5.56 Å². The van der Waals surface area contributed by atoms with Crippen molar-refractivity contribution in [2.45, 2.75) is 19.9 Å². The Morgan fingerprint density at radius 2 is 1.62 bits per heavy atom. The van der Waals surface area contributed by atoms with Crippen molar-refractivity contribution in [1.29, 1.82) is 0 Å². The van der Waals surface area contributed by atoms with Gasteiger partial charge >= 0.3 is 0 Å². The number of pyridine rings is 1. The summed E-state index contributed by atoms with van der Waals surface area (Å²) in [5.74, 6) is 0.550. The van der Waals surface area contributed by atoms with Crippen molar-refractivity contribution in [3.8, 4) is 0 Å². The number of carbonyl (C=O) groups is 1. The molecule has 0 radical (unpaired) electrons. The molecule has 1 aromatic heterocycles. The Labute approximate surface area is 170 Å². The van der Waals surface area contributed by atoms with Crippen molar-refractivity contribution in [2.75, 3.05) is 5.32 Å². The standard InChI is InChI=1S/C25H23N3O/c1-2-19-12-6-8-14-22(19)27-24-16-21(20-13-7-9-15-23(20)28-24)25(29)26-17-18-10-4-3-5-11-18/h3-16H,2,17H2,1H3,(H,26,29)(H,27,28). The van der Waals surface area contributed by atoms with E-state index in [0.29, 0.717) is 17.9 Å². The second kappa shape index (κ2) is 8.57. The van der Waals surface area contributed by atoms with Gasteiger partial charge in [0, 0.05) is 17.6 Å². The molecular formula is C25H23N3O. The molecule has 2 N–H and O–H groups in total. The molecule has 0 bridgehead atoms. The van der Waals surface area contributed by atoms with Crippen LogP contribution in [0.5, 0.6) is 0 Å². The fourth-order valence-corrected chi connectivity index (χ4v) is 3.39. The van der Waals surface area contributed by atoms with E-state index in [1.807, 2.05) is 78.9 Å². The second-order valence-corrected chi connectivity index (χ2v) is 6.88. The van der Waals surface area contributed by atoms with Gasteiger partial charge in [0.1, 0.15) is 5.82 Å². The predicted molar refractivity (Wildman–Crippen MR) is 118 cm³/mol. The van der Waals surface area contributed by atoms with Crippen LogP contribution < -0.4 is 10.6 Å². The molecule has 4 rings (SSSR count). The third-order valence-electron chi connectivity index (χ3n) is 4.92. The molecule has 4 aromatic rings. The Kier molecular flexibility index (Phi) is 5.52. The molecule has 0 unspecified atom stereocenters. The summed E-state index contributed by atoms with van der Waals surface area (Å²) in [5.41, 5.74) is 4.68. The number of nitrogens with one attached hydrogen (secondary N) is 2. The number of aromatic nitrogens is 1. The summed E-state index contributed by atoms with van der Waals surface area (Å²) in [4.78, 5) is 17.7. The first-order valence-corrected chi connectivity index (χ1v) is 9.81. The van der Waals surface area contributed by atoms with E-state index in [-0.39, 0.29) is 5.91 Å². The van der Waals surface area contributed by atoms with Crippen molar-refractivity contribution < 1.29 is 4.79 Å². The lowest BCUT2D eigenvalue weighted by molar-refractivity contribution is 0.0952. The van der Waals surface area contributed by atoms with Gasteiger partial charge in [-0.2, -0.15) is 0 Å². The maximum Gasteiger partial charge on any atom is 0.252 e. The molecule has 29 heavy (non-hydrogen) atoms. The summed E-state index contributed by atoms with van der Waals surface area (Å²) in [6.07, 6.45) is 0.918. The van der Waals surface area contributed by atoms with Crippen molar-refractivity contribution in [2.24, 2.45) is 0 Å². The monoisotopic (exact) mass is 381 g/mol. The Bertz CT molecular complexity index is 1140. The van der Waals surface area contributed by atoms with E-state index in [9.17, 15) is 4.79 Å². The average Bonchev–Trinajstić information content (AvgIpc) is 2.78. The smallest absolute Gasteiger partial charge is 0.252 e. The van der Waals surface area contributed by atoms with Crippen LogP contribution >= 0.6 is 0 Å². The van der Waals surface area contributed by atoms with Gasteiger partial charge in [0.05, 0.1) is 11.1 Å². The van der Waals surface area contributed by atoms with Gasteiger partial charge in [0.2, 0.25) is 0 Å². The molecule has 0 aliphatic carbocycles. The summed E-state index contributed by atoms with van der Waals surface area (Å²) in [7, 11) is 0. The molecule has 1 amide bonds. The highest BCUT2D eigenvalue weighted by atomic mass is 16.1. The minimum atomic E-state index is -0.112. The van der Waals surface area contributed by atoms with Crippen LogP contribution in [0.15, 0.2) is 84.9 Å². The molecule has 0 aliphatic rings. The van der Waals surface area contributed by atoms with Crippen LogP contribution in [0.4, 0.5) is 11.5 Å². The van der Waals surface area contributed by atoms with Crippen molar-refractivity contribution in [3.63, 3.8) is 0 Å². The molecular weight excluding hydrogens is 358 g/mol. The van der Waals surface area contributed by atoms with Crippen LogP contribution in [0, 0.1) is 0 Å². The minimum Gasteiger partial charge on any atom is -0.348 e. The normalized spacial score (nSPS) is 10.7. The van der Waals surface area contributed by atoms with Crippen LogP contribution in [0.2, 0.25) is 0 Å². The fourth-order valence-electron chi connectivity index (χ4n) is 3.39. The molecule has 1 heterocycles. The number of amides is 1. The van der Waals surface area contributed by atoms with Crippen LogP contribution in [0.25, 0.3) is 10.9 Å². The highest BCUT2D eigenvalue weighted by Gasteiger charge is 2.13. The Morgan fingerprint density at radius 1 is 0.897 bits per heavy atom. The third kappa shape index (κ3) is 4.27. The predicted octanol–water partition coefficient (Wildman–Crippen LogP) is 5.47. The topological polar surface area (TPSA) is 54.0 Å². The van der Waals surface area contributed by atoms with Crippen molar-refractivity contribution in [3.05, 3.63) is 102 Å². The van der Waals surface area contributed by atoms with Crippen molar-refractivity contribution >= 4 is 28.3 Å². The maximum absolute atomic E-state index is 13.0. The number of hydrogen-bond donors (Lipinski definition) is 2. The van der Waals surface area contributed by atoms with Gasteiger partial charge in [-0.3, -0.25) is 4.79 Å². The average molecular weight is 381 g/mol. The summed E-state index contributed by atoms with van der Waals surface area (Å²) < 4.78 is 0. The highest BCUT2D eigenvalue weighted by Crippen LogP contribution is 2.25. The molecule has 0 saturated carbocycles. The van der Waals surface area contributed by atoms with Crippen LogP contribution in [-0.2, 0) is 13.0 Å². The van der Waals surface area contributed by atoms with E-state index in [0.717, 1.165) is 28.6 Å². The number of benzene rings is 3. The zero-order valence-electron chi connectivity index (χ0n) is 16.4. The number of hydrogen-bond acceptors (Lipinski definition) is 3. The fraction of sp³-hybridized carbons (Fsp3) is 0.120. The lowest BCUT2D eigenvalue weighted by atomic mass is 10.1. The van der Waals surface area contributed by atoms with Crippen molar-refractivity contribution in [1.82, 2.24) is 10.3 Å². The zero-order chi connectivity index (χ0) is 20.1. The number of anilines is 2. The zero-order valence-corrected chi connectivity index (χ0v) is 16.4. The Morgan fingerprint density at radius 3 is 2.45 bits per heavy atom.